The van der Waals surface area contributed by atoms with E-state index in [9.17, 15) is 25.2 Å². The standard InChI is InChI=1S/C25H22O6S2.Na/c26-19-12-25(30,24(28)29)18(11-14-1-3-20-16(9-14)5-7-32-20)23(22(19)27)31-13-15-2-4-21-17(10-15)6-8-33-21;/h1-10,19,22,26-27,30H,11-13H2,(H,28,29);/q;+1/p-1/t19-,22+,25-;/m1./s1. The maximum atomic E-state index is 12.0. The first-order valence-electron chi connectivity index (χ1n) is 10.4. The fraction of sp³-hybridized carbons (Fsp3) is 0.240. The number of carbonyl (C=O) groups excluding carboxylic acids is 1. The van der Waals surface area contributed by atoms with E-state index in [4.69, 9.17) is 4.74 Å². The van der Waals surface area contributed by atoms with E-state index in [1.54, 1.807) is 22.7 Å². The zero-order valence-corrected chi connectivity index (χ0v) is 22.1. The SMILES string of the molecule is O=C([O-])[C@@]1(O)C[C@@H](O)[C@H](O)C(OCc2ccc3sccc3c2)=C1Cc1ccc2sccc2c1.[Na+]. The van der Waals surface area contributed by atoms with Crippen molar-refractivity contribution in [3.8, 4) is 0 Å². The largest absolute Gasteiger partial charge is 1.00 e. The summed E-state index contributed by atoms with van der Waals surface area (Å²) in [4.78, 5) is 12.0. The number of hydrogen-bond acceptors (Lipinski definition) is 8. The number of rotatable bonds is 6. The normalized spacial score (nSPS) is 22.7. The first kappa shape index (κ1) is 25.3. The first-order valence-corrected chi connectivity index (χ1v) is 12.2. The van der Waals surface area contributed by atoms with E-state index in [2.05, 4.69) is 0 Å². The third-order valence-corrected chi connectivity index (χ3v) is 7.88. The average molecular weight is 505 g/mol. The van der Waals surface area contributed by atoms with Gasteiger partial charge in [0.2, 0.25) is 0 Å². The van der Waals surface area contributed by atoms with Crippen molar-refractivity contribution in [3.63, 3.8) is 0 Å². The van der Waals surface area contributed by atoms with Crippen LogP contribution in [-0.4, -0.2) is 39.1 Å². The minimum atomic E-state index is -2.46. The Morgan fingerprint density at radius 1 is 1.00 bits per heavy atom. The molecule has 0 unspecified atom stereocenters. The first-order chi connectivity index (χ1) is 15.8. The summed E-state index contributed by atoms with van der Waals surface area (Å²) in [6.45, 7) is 0.0428. The van der Waals surface area contributed by atoms with Gasteiger partial charge in [-0.1, -0.05) is 12.1 Å². The van der Waals surface area contributed by atoms with E-state index >= 15 is 0 Å². The second-order valence-electron chi connectivity index (χ2n) is 8.26. The van der Waals surface area contributed by atoms with Gasteiger partial charge in [0.25, 0.3) is 0 Å². The Hall–Kier alpha value is -1.75. The quantitative estimate of drug-likeness (QED) is 0.312. The number of carboxylic acids is 1. The van der Waals surface area contributed by atoms with E-state index in [1.807, 2.05) is 59.3 Å². The summed E-state index contributed by atoms with van der Waals surface area (Å²) in [5.41, 5.74) is -0.905. The number of carbonyl (C=O) groups is 1. The van der Waals surface area contributed by atoms with Gasteiger partial charge in [0, 0.05) is 27.8 Å². The summed E-state index contributed by atoms with van der Waals surface area (Å²) in [6, 6.07) is 15.4. The Labute approximate surface area is 226 Å². The van der Waals surface area contributed by atoms with Crippen LogP contribution in [0.15, 0.2) is 70.6 Å². The van der Waals surface area contributed by atoms with Crippen LogP contribution in [0.25, 0.3) is 20.2 Å². The van der Waals surface area contributed by atoms with Gasteiger partial charge in [-0.25, -0.2) is 0 Å². The van der Waals surface area contributed by atoms with Crippen LogP contribution in [0, 0.1) is 0 Å². The second kappa shape index (κ2) is 10.1. The molecule has 2 heterocycles. The van der Waals surface area contributed by atoms with Crippen molar-refractivity contribution in [2.75, 3.05) is 0 Å². The molecular formula is C25H21NaO6S2. The number of carboxylic acid groups (broad SMARTS) is 1. The van der Waals surface area contributed by atoms with Crippen LogP contribution < -0.4 is 34.7 Å². The predicted molar refractivity (Wildman–Crippen MR) is 126 cm³/mol. The van der Waals surface area contributed by atoms with Crippen molar-refractivity contribution in [1.29, 1.82) is 0 Å². The van der Waals surface area contributed by atoms with Crippen molar-refractivity contribution in [2.45, 2.75) is 37.3 Å². The Morgan fingerprint density at radius 3 is 2.21 bits per heavy atom. The van der Waals surface area contributed by atoms with Crippen molar-refractivity contribution >= 4 is 48.8 Å². The van der Waals surface area contributed by atoms with Gasteiger partial charge < -0.3 is 30.0 Å². The van der Waals surface area contributed by atoms with Gasteiger partial charge in [-0.15, -0.1) is 22.7 Å². The maximum Gasteiger partial charge on any atom is 1.00 e. The smallest absolute Gasteiger partial charge is 0.547 e. The van der Waals surface area contributed by atoms with Gasteiger partial charge in [0.05, 0.1) is 12.1 Å². The Kier molecular flexibility index (Phi) is 7.52. The fourth-order valence-corrected chi connectivity index (χ4v) is 5.85. The van der Waals surface area contributed by atoms with Gasteiger partial charge in [-0.2, -0.15) is 0 Å². The van der Waals surface area contributed by atoms with Gasteiger partial charge in [-0.3, -0.25) is 0 Å². The molecular weight excluding hydrogens is 483 g/mol. The number of hydrogen-bond donors (Lipinski definition) is 3. The number of fused-ring (bicyclic) bond motifs is 2. The molecule has 4 aromatic rings. The fourth-order valence-electron chi connectivity index (χ4n) is 4.30. The van der Waals surface area contributed by atoms with Crippen LogP contribution >= 0.6 is 22.7 Å². The monoisotopic (exact) mass is 504 g/mol. The summed E-state index contributed by atoms with van der Waals surface area (Å²) in [7, 11) is 0. The Balaban J connectivity index is 0.00000274. The molecule has 0 amide bonds. The summed E-state index contributed by atoms with van der Waals surface area (Å²) in [6.07, 6.45) is -3.53. The van der Waals surface area contributed by atoms with Gasteiger partial charge in [0.15, 0.2) is 0 Å². The van der Waals surface area contributed by atoms with Crippen LogP contribution in [-0.2, 0) is 22.6 Å². The third-order valence-electron chi connectivity index (χ3n) is 6.08. The van der Waals surface area contributed by atoms with E-state index in [0.717, 1.165) is 31.3 Å². The van der Waals surface area contributed by atoms with Crippen molar-refractivity contribution in [2.24, 2.45) is 0 Å². The van der Waals surface area contributed by atoms with Crippen LogP contribution in [0.5, 0.6) is 0 Å². The zero-order valence-electron chi connectivity index (χ0n) is 18.4. The van der Waals surface area contributed by atoms with Crippen molar-refractivity contribution in [1.82, 2.24) is 0 Å². The number of benzene rings is 2. The van der Waals surface area contributed by atoms with Gasteiger partial charge in [-0.05, 0) is 69.1 Å². The molecule has 2 aromatic carbocycles. The van der Waals surface area contributed by atoms with E-state index in [1.165, 1.54) is 0 Å². The average Bonchev–Trinajstić information content (AvgIpc) is 3.45. The number of aliphatic hydroxyl groups excluding tert-OH is 2. The van der Waals surface area contributed by atoms with Crippen molar-refractivity contribution in [3.05, 3.63) is 81.8 Å². The Morgan fingerprint density at radius 2 is 1.59 bits per heavy atom. The molecule has 3 atom stereocenters. The molecule has 0 saturated heterocycles. The molecule has 9 heteroatoms. The third kappa shape index (κ3) is 4.69. The molecule has 3 N–H and O–H groups in total. The molecule has 1 aliphatic carbocycles. The van der Waals surface area contributed by atoms with E-state index in [-0.39, 0.29) is 53.9 Å². The molecule has 0 spiro atoms. The molecule has 6 nitrogen and oxygen atoms in total. The molecule has 5 rings (SSSR count). The minimum absolute atomic E-state index is 0. The minimum Gasteiger partial charge on any atom is -0.547 e. The topological polar surface area (TPSA) is 110 Å². The van der Waals surface area contributed by atoms with Crippen LogP contribution in [0.4, 0.5) is 0 Å². The summed E-state index contributed by atoms with van der Waals surface area (Å²) in [5, 5.41) is 50.1. The molecule has 34 heavy (non-hydrogen) atoms. The van der Waals surface area contributed by atoms with Crippen LogP contribution in [0.1, 0.15) is 17.5 Å². The summed E-state index contributed by atoms with van der Waals surface area (Å²) in [5.74, 6) is -1.86. The van der Waals surface area contributed by atoms with Gasteiger partial charge in [0.1, 0.15) is 24.1 Å². The second-order valence-corrected chi connectivity index (χ2v) is 10.2. The number of ether oxygens (including phenoxy) is 1. The van der Waals surface area contributed by atoms with Crippen molar-refractivity contribution < 1.29 is 59.5 Å². The molecule has 1 aliphatic rings. The van der Waals surface area contributed by atoms with E-state index < -0.39 is 30.2 Å². The predicted octanol–water partition coefficient (Wildman–Crippen LogP) is -0.260. The van der Waals surface area contributed by atoms with E-state index in [0.29, 0.717) is 0 Å². The molecule has 0 radical (unpaired) electrons. The maximum absolute atomic E-state index is 12.0. The number of aliphatic hydroxyl groups is 3. The van der Waals surface area contributed by atoms with Crippen LogP contribution in [0.2, 0.25) is 0 Å². The molecule has 0 saturated carbocycles. The van der Waals surface area contributed by atoms with Gasteiger partial charge >= 0.3 is 29.6 Å². The molecule has 0 bridgehead atoms. The molecule has 0 aliphatic heterocycles. The summed E-state index contributed by atoms with van der Waals surface area (Å²) >= 11 is 3.21. The number of aliphatic carboxylic acids is 1. The molecule has 170 valence electrons. The molecule has 0 fully saturated rings. The van der Waals surface area contributed by atoms with Crippen LogP contribution in [0.3, 0.4) is 0 Å². The number of thiophene rings is 2. The molecule has 2 aromatic heterocycles. The zero-order chi connectivity index (χ0) is 23.2. The Bertz CT molecular complexity index is 1380. The summed E-state index contributed by atoms with van der Waals surface area (Å²) < 4.78 is 8.12.